The van der Waals surface area contributed by atoms with Crippen molar-refractivity contribution in [3.05, 3.63) is 101 Å². The third-order valence-electron chi connectivity index (χ3n) is 6.61. The molecule has 0 heterocycles. The largest absolute Gasteiger partial charge is 0.426 e. The predicted octanol–water partition coefficient (Wildman–Crippen LogP) is 5.42. The fourth-order valence-electron chi connectivity index (χ4n) is 4.38. The first-order valence-electron chi connectivity index (χ1n) is 12.0. The Labute approximate surface area is 208 Å². The lowest BCUT2D eigenvalue weighted by Gasteiger charge is -2.35. The summed E-state index contributed by atoms with van der Waals surface area (Å²) in [6.45, 7) is 6.49. The van der Waals surface area contributed by atoms with Gasteiger partial charge in [-0.05, 0) is 50.7 Å². The van der Waals surface area contributed by atoms with Crippen molar-refractivity contribution in [2.45, 2.75) is 38.7 Å². The molecule has 0 aliphatic heterocycles. The van der Waals surface area contributed by atoms with Gasteiger partial charge in [0.1, 0.15) is 5.75 Å². The molecule has 3 aromatic rings. The number of hydrogen-bond donors (Lipinski definition) is 1. The number of carbonyl (C=O) groups excluding carboxylic acids is 2. The zero-order valence-corrected chi connectivity index (χ0v) is 21.2. The average Bonchev–Trinajstić information content (AvgIpc) is 2.87. The first-order valence-corrected chi connectivity index (χ1v) is 12.0. The quantitative estimate of drug-likeness (QED) is 0.242. The van der Waals surface area contributed by atoms with E-state index in [-0.39, 0.29) is 11.7 Å². The molecule has 0 saturated carbocycles. The lowest BCUT2D eigenvalue weighted by atomic mass is 9.80. The van der Waals surface area contributed by atoms with E-state index in [4.69, 9.17) is 4.74 Å². The topological polar surface area (TPSA) is 66.8 Å². The van der Waals surface area contributed by atoms with Crippen LogP contribution in [0.3, 0.4) is 0 Å². The normalized spacial score (nSPS) is 14.7. The molecule has 0 bridgehead atoms. The smallest absolute Gasteiger partial charge is 0.318 e. The second-order valence-corrected chi connectivity index (χ2v) is 9.43. The number of ether oxygens (including phenoxy) is 1. The second kappa shape index (κ2) is 11.4. The van der Waals surface area contributed by atoms with E-state index in [2.05, 4.69) is 4.90 Å². The second-order valence-electron chi connectivity index (χ2n) is 9.43. The van der Waals surface area contributed by atoms with Gasteiger partial charge in [-0.3, -0.25) is 9.59 Å². The summed E-state index contributed by atoms with van der Waals surface area (Å²) in [6.07, 6.45) is 0.545. The lowest BCUT2D eigenvalue weighted by Crippen LogP contribution is -2.38. The van der Waals surface area contributed by atoms with Crippen LogP contribution in [0.1, 0.15) is 60.2 Å². The number of esters is 1. The standard InChI is InChI=1S/C30H35NO4/c1-6-30(34,21(2)20-31(4)5)26-13-10-14-27(19-26)35-29(33)22(3)23-15-17-25(18-16-23)28(32)24-11-8-7-9-12-24/h7-19,21-22,34H,6,20H2,1-5H3/t21-,22?,30-/m1/s1. The van der Waals surface area contributed by atoms with Crippen LogP contribution < -0.4 is 4.74 Å². The number of carbonyl (C=O) groups is 2. The van der Waals surface area contributed by atoms with Crippen LogP contribution in [0.25, 0.3) is 0 Å². The minimum atomic E-state index is -1.03. The van der Waals surface area contributed by atoms with Crippen molar-refractivity contribution in [3.8, 4) is 5.75 Å². The summed E-state index contributed by atoms with van der Waals surface area (Å²) < 4.78 is 5.69. The van der Waals surface area contributed by atoms with Crippen molar-refractivity contribution in [2.75, 3.05) is 20.6 Å². The summed E-state index contributed by atoms with van der Waals surface area (Å²) in [5, 5.41) is 11.4. The molecular formula is C30H35NO4. The van der Waals surface area contributed by atoms with Crippen molar-refractivity contribution in [1.82, 2.24) is 4.90 Å². The van der Waals surface area contributed by atoms with Crippen molar-refractivity contribution in [1.29, 1.82) is 0 Å². The molecule has 0 saturated heterocycles. The highest BCUT2D eigenvalue weighted by Crippen LogP contribution is 2.35. The van der Waals surface area contributed by atoms with Gasteiger partial charge in [-0.2, -0.15) is 0 Å². The van der Waals surface area contributed by atoms with Crippen molar-refractivity contribution in [3.63, 3.8) is 0 Å². The van der Waals surface area contributed by atoms with Gasteiger partial charge in [0.05, 0.1) is 11.5 Å². The van der Waals surface area contributed by atoms with Crippen LogP contribution in [0.15, 0.2) is 78.9 Å². The molecule has 3 atom stereocenters. The highest BCUT2D eigenvalue weighted by atomic mass is 16.5. The van der Waals surface area contributed by atoms with E-state index in [1.54, 1.807) is 61.5 Å². The van der Waals surface area contributed by atoms with Gasteiger partial charge in [0.25, 0.3) is 0 Å². The van der Waals surface area contributed by atoms with Crippen LogP contribution >= 0.6 is 0 Å². The maximum atomic E-state index is 12.9. The molecule has 3 rings (SSSR count). The summed E-state index contributed by atoms with van der Waals surface area (Å²) in [7, 11) is 3.96. The molecule has 3 aromatic carbocycles. The number of ketones is 1. The van der Waals surface area contributed by atoms with Crippen LogP contribution in [0.5, 0.6) is 5.75 Å². The Morgan fingerprint density at radius 3 is 2.14 bits per heavy atom. The zero-order valence-electron chi connectivity index (χ0n) is 21.2. The number of aliphatic hydroxyl groups is 1. The van der Waals surface area contributed by atoms with Crippen LogP contribution in [0, 0.1) is 5.92 Å². The van der Waals surface area contributed by atoms with Gasteiger partial charge >= 0.3 is 5.97 Å². The van der Waals surface area contributed by atoms with E-state index in [0.717, 1.165) is 17.7 Å². The molecule has 0 fully saturated rings. The average molecular weight is 474 g/mol. The summed E-state index contributed by atoms with van der Waals surface area (Å²) in [5.74, 6) is -0.581. The summed E-state index contributed by atoms with van der Waals surface area (Å²) in [4.78, 5) is 27.6. The molecule has 184 valence electrons. The summed E-state index contributed by atoms with van der Waals surface area (Å²) >= 11 is 0. The highest BCUT2D eigenvalue weighted by Gasteiger charge is 2.34. The first-order chi connectivity index (χ1) is 16.7. The van der Waals surface area contributed by atoms with Gasteiger partial charge in [-0.1, -0.05) is 80.6 Å². The fourth-order valence-corrected chi connectivity index (χ4v) is 4.38. The molecule has 0 amide bonds. The molecule has 1 N–H and O–H groups in total. The van der Waals surface area contributed by atoms with Crippen molar-refractivity contribution >= 4 is 11.8 Å². The Morgan fingerprint density at radius 1 is 0.914 bits per heavy atom. The molecule has 0 aliphatic carbocycles. The minimum Gasteiger partial charge on any atom is -0.426 e. The van der Waals surface area contributed by atoms with Crippen LogP contribution in [-0.2, 0) is 10.4 Å². The van der Waals surface area contributed by atoms with Gasteiger partial charge in [-0.25, -0.2) is 0 Å². The Morgan fingerprint density at radius 2 is 1.54 bits per heavy atom. The predicted molar refractivity (Wildman–Crippen MR) is 139 cm³/mol. The van der Waals surface area contributed by atoms with Gasteiger partial charge in [0, 0.05) is 23.6 Å². The third kappa shape index (κ3) is 6.24. The Bertz CT molecular complexity index is 1140. The van der Waals surface area contributed by atoms with E-state index in [0.29, 0.717) is 23.3 Å². The molecule has 0 spiro atoms. The van der Waals surface area contributed by atoms with Gasteiger partial charge in [0.15, 0.2) is 5.78 Å². The van der Waals surface area contributed by atoms with Gasteiger partial charge < -0.3 is 14.7 Å². The maximum Gasteiger partial charge on any atom is 0.318 e. The van der Waals surface area contributed by atoms with Crippen LogP contribution in [0.2, 0.25) is 0 Å². The number of rotatable bonds is 10. The van der Waals surface area contributed by atoms with Crippen molar-refractivity contribution in [2.24, 2.45) is 5.92 Å². The Kier molecular flexibility index (Phi) is 8.60. The number of nitrogens with zero attached hydrogens (tertiary/aromatic N) is 1. The fraction of sp³-hybridized carbons (Fsp3) is 0.333. The molecule has 5 nitrogen and oxygen atoms in total. The lowest BCUT2D eigenvalue weighted by molar-refractivity contribution is -0.135. The monoisotopic (exact) mass is 473 g/mol. The Balaban J connectivity index is 1.72. The Hall–Kier alpha value is -3.28. The van der Waals surface area contributed by atoms with Crippen LogP contribution in [-0.4, -0.2) is 42.4 Å². The van der Waals surface area contributed by atoms with Gasteiger partial charge in [0.2, 0.25) is 0 Å². The summed E-state index contributed by atoms with van der Waals surface area (Å²) in [5.41, 5.74) is 1.66. The van der Waals surface area contributed by atoms with Crippen molar-refractivity contribution < 1.29 is 19.4 Å². The molecule has 1 unspecified atom stereocenters. The third-order valence-corrected chi connectivity index (χ3v) is 6.61. The SMILES string of the molecule is CC[C@](O)(c1cccc(OC(=O)C(C)c2ccc(C(=O)c3ccccc3)cc2)c1)[C@H](C)CN(C)C. The molecule has 0 radical (unpaired) electrons. The maximum absolute atomic E-state index is 12.9. The highest BCUT2D eigenvalue weighted by molar-refractivity contribution is 6.09. The van der Waals surface area contributed by atoms with Crippen LogP contribution in [0.4, 0.5) is 0 Å². The molecular weight excluding hydrogens is 438 g/mol. The van der Waals surface area contributed by atoms with E-state index in [1.165, 1.54) is 0 Å². The molecule has 0 aromatic heterocycles. The van der Waals surface area contributed by atoms with E-state index >= 15 is 0 Å². The van der Waals surface area contributed by atoms with Gasteiger partial charge in [-0.15, -0.1) is 0 Å². The van der Waals surface area contributed by atoms with E-state index in [1.807, 2.05) is 52.2 Å². The molecule has 35 heavy (non-hydrogen) atoms. The first kappa shape index (κ1) is 26.3. The zero-order chi connectivity index (χ0) is 25.6. The van der Waals surface area contributed by atoms with E-state index < -0.39 is 17.5 Å². The number of hydrogen-bond acceptors (Lipinski definition) is 5. The van der Waals surface area contributed by atoms with E-state index in [9.17, 15) is 14.7 Å². The minimum absolute atomic E-state index is 0.00974. The summed E-state index contributed by atoms with van der Waals surface area (Å²) in [6, 6.07) is 23.3. The number of benzene rings is 3. The molecule has 5 heteroatoms. The molecule has 0 aliphatic rings.